The molecule has 1 atom stereocenters. The van der Waals surface area contributed by atoms with Gasteiger partial charge in [0.1, 0.15) is 11.5 Å². The van der Waals surface area contributed by atoms with Crippen LogP contribution in [-0.2, 0) is 9.59 Å². The van der Waals surface area contributed by atoms with Crippen LogP contribution in [0.15, 0.2) is 78.4 Å². The van der Waals surface area contributed by atoms with Crippen LogP contribution in [0.25, 0.3) is 5.76 Å². The van der Waals surface area contributed by atoms with Crippen molar-refractivity contribution in [3.63, 3.8) is 0 Å². The van der Waals surface area contributed by atoms with Crippen LogP contribution in [0, 0.1) is 13.8 Å². The van der Waals surface area contributed by atoms with E-state index >= 15 is 0 Å². The number of carbonyl (C=O) groups is 2. The summed E-state index contributed by atoms with van der Waals surface area (Å²) in [6, 6.07) is 21.2. The first-order chi connectivity index (χ1) is 15.4. The fourth-order valence-corrected chi connectivity index (χ4v) is 4.02. The first kappa shape index (κ1) is 21.4. The number of amides is 1. The van der Waals surface area contributed by atoms with E-state index in [9.17, 15) is 14.7 Å². The number of aliphatic hydroxyl groups excluding tert-OH is 1. The number of aryl methyl sites for hydroxylation is 2. The molecule has 0 spiro atoms. The summed E-state index contributed by atoms with van der Waals surface area (Å²) in [7, 11) is 0. The lowest BCUT2D eigenvalue weighted by Gasteiger charge is -2.26. The lowest BCUT2D eigenvalue weighted by Crippen LogP contribution is -2.29. The highest BCUT2D eigenvalue weighted by molar-refractivity contribution is 6.51. The predicted molar refractivity (Wildman–Crippen MR) is 125 cm³/mol. The van der Waals surface area contributed by atoms with Crippen LogP contribution in [0.2, 0.25) is 0 Å². The molecular weight excluding hydrogens is 402 g/mol. The fraction of sp³-hybridized carbons (Fsp3) is 0.185. The summed E-state index contributed by atoms with van der Waals surface area (Å²) in [5.41, 5.74) is 3.90. The predicted octanol–water partition coefficient (Wildman–Crippen LogP) is 5.33. The van der Waals surface area contributed by atoms with Gasteiger partial charge in [-0.3, -0.25) is 14.5 Å². The number of aliphatic hydroxyl groups is 1. The van der Waals surface area contributed by atoms with Gasteiger partial charge in [0.05, 0.1) is 18.2 Å². The maximum Gasteiger partial charge on any atom is 0.300 e. The largest absolute Gasteiger partial charge is 0.507 e. The molecule has 5 nitrogen and oxygen atoms in total. The Balaban J connectivity index is 1.90. The second-order valence-electron chi connectivity index (χ2n) is 7.82. The molecule has 0 bridgehead atoms. The molecule has 3 aromatic carbocycles. The minimum atomic E-state index is -0.731. The van der Waals surface area contributed by atoms with Gasteiger partial charge in [-0.1, -0.05) is 42.0 Å². The number of benzene rings is 3. The van der Waals surface area contributed by atoms with Crippen molar-refractivity contribution in [2.75, 3.05) is 11.5 Å². The van der Waals surface area contributed by atoms with Crippen molar-refractivity contribution in [2.24, 2.45) is 0 Å². The lowest BCUT2D eigenvalue weighted by atomic mass is 9.92. The molecule has 162 valence electrons. The van der Waals surface area contributed by atoms with E-state index in [2.05, 4.69) is 0 Å². The highest BCUT2D eigenvalue weighted by Gasteiger charge is 2.47. The summed E-state index contributed by atoms with van der Waals surface area (Å²) in [6.07, 6.45) is 0. The van der Waals surface area contributed by atoms with Crippen LogP contribution in [0.5, 0.6) is 5.75 Å². The Morgan fingerprint density at radius 3 is 2.22 bits per heavy atom. The van der Waals surface area contributed by atoms with Gasteiger partial charge in [0.25, 0.3) is 11.7 Å². The molecule has 1 amide bonds. The van der Waals surface area contributed by atoms with Crippen LogP contribution in [0.3, 0.4) is 0 Å². The Kier molecular flexibility index (Phi) is 5.82. The molecule has 1 fully saturated rings. The normalized spacial score (nSPS) is 17.6. The van der Waals surface area contributed by atoms with E-state index in [1.54, 1.807) is 24.3 Å². The zero-order chi connectivity index (χ0) is 22.8. The van der Waals surface area contributed by atoms with E-state index in [1.165, 1.54) is 4.90 Å². The van der Waals surface area contributed by atoms with Gasteiger partial charge in [-0.2, -0.15) is 0 Å². The van der Waals surface area contributed by atoms with Gasteiger partial charge in [0, 0.05) is 11.3 Å². The summed E-state index contributed by atoms with van der Waals surface area (Å²) in [5.74, 6) is -0.895. The van der Waals surface area contributed by atoms with Crippen molar-refractivity contribution < 1.29 is 19.4 Å². The molecule has 0 saturated carbocycles. The van der Waals surface area contributed by atoms with E-state index in [0.29, 0.717) is 23.6 Å². The van der Waals surface area contributed by atoms with Gasteiger partial charge < -0.3 is 9.84 Å². The first-order valence-corrected chi connectivity index (χ1v) is 10.6. The molecule has 0 radical (unpaired) electrons. The number of nitrogens with zero attached hydrogens (tertiary/aromatic N) is 1. The van der Waals surface area contributed by atoms with Crippen molar-refractivity contribution in [2.45, 2.75) is 26.8 Å². The van der Waals surface area contributed by atoms with Crippen molar-refractivity contribution in [3.8, 4) is 5.75 Å². The summed E-state index contributed by atoms with van der Waals surface area (Å²) in [6.45, 7) is 6.31. The number of ether oxygens (including phenoxy) is 1. The average molecular weight is 428 g/mol. The van der Waals surface area contributed by atoms with E-state index in [4.69, 9.17) is 4.74 Å². The number of hydrogen-bond acceptors (Lipinski definition) is 4. The third-order valence-electron chi connectivity index (χ3n) is 5.68. The first-order valence-electron chi connectivity index (χ1n) is 10.6. The fourth-order valence-electron chi connectivity index (χ4n) is 4.02. The van der Waals surface area contributed by atoms with Gasteiger partial charge in [-0.15, -0.1) is 0 Å². The Morgan fingerprint density at radius 2 is 1.59 bits per heavy atom. The molecular formula is C27H25NO4. The van der Waals surface area contributed by atoms with Gasteiger partial charge in [0.15, 0.2) is 0 Å². The Labute approximate surface area is 187 Å². The maximum absolute atomic E-state index is 13.2. The van der Waals surface area contributed by atoms with Crippen LogP contribution in [0.1, 0.15) is 35.2 Å². The van der Waals surface area contributed by atoms with Crippen molar-refractivity contribution in [1.82, 2.24) is 0 Å². The van der Waals surface area contributed by atoms with E-state index < -0.39 is 17.7 Å². The molecule has 1 aliphatic rings. The summed E-state index contributed by atoms with van der Waals surface area (Å²) in [5, 5.41) is 11.2. The SMILES string of the molecule is CCOc1ccc(/C(O)=C2/C(=O)C(=O)N(c3ccc(C)cc3)C2c2ccccc2C)cc1. The molecule has 4 rings (SSSR count). The standard InChI is InChI=1S/C27H25NO4/c1-4-32-21-15-11-19(12-16-21)25(29)23-24(22-8-6-5-7-18(22)3)28(27(31)26(23)30)20-13-9-17(2)10-14-20/h5-16,24,29H,4H2,1-3H3/b25-23-. The molecule has 1 aliphatic heterocycles. The molecule has 1 N–H and O–H groups in total. The van der Waals surface area contributed by atoms with E-state index in [1.807, 2.05) is 69.3 Å². The van der Waals surface area contributed by atoms with Crippen molar-refractivity contribution in [3.05, 3.63) is 101 Å². The summed E-state index contributed by atoms with van der Waals surface area (Å²) >= 11 is 0. The minimum absolute atomic E-state index is 0.0778. The zero-order valence-electron chi connectivity index (χ0n) is 18.3. The lowest BCUT2D eigenvalue weighted by molar-refractivity contribution is -0.132. The topological polar surface area (TPSA) is 66.8 Å². The van der Waals surface area contributed by atoms with Crippen LogP contribution in [-0.4, -0.2) is 23.4 Å². The number of anilines is 1. The van der Waals surface area contributed by atoms with Crippen molar-refractivity contribution >= 4 is 23.1 Å². The molecule has 3 aromatic rings. The maximum atomic E-state index is 13.2. The molecule has 1 saturated heterocycles. The molecule has 1 heterocycles. The highest BCUT2D eigenvalue weighted by atomic mass is 16.5. The number of rotatable bonds is 5. The number of hydrogen-bond donors (Lipinski definition) is 1. The van der Waals surface area contributed by atoms with Gasteiger partial charge in [0.2, 0.25) is 0 Å². The third-order valence-corrected chi connectivity index (χ3v) is 5.68. The van der Waals surface area contributed by atoms with Crippen LogP contribution < -0.4 is 9.64 Å². The molecule has 32 heavy (non-hydrogen) atoms. The van der Waals surface area contributed by atoms with Gasteiger partial charge >= 0.3 is 0 Å². The average Bonchev–Trinajstić information content (AvgIpc) is 3.05. The van der Waals surface area contributed by atoms with Crippen LogP contribution >= 0.6 is 0 Å². The van der Waals surface area contributed by atoms with E-state index in [0.717, 1.165) is 16.7 Å². The van der Waals surface area contributed by atoms with E-state index in [-0.39, 0.29) is 11.3 Å². The third kappa shape index (κ3) is 3.78. The molecule has 5 heteroatoms. The smallest absolute Gasteiger partial charge is 0.300 e. The Morgan fingerprint density at radius 1 is 0.938 bits per heavy atom. The minimum Gasteiger partial charge on any atom is -0.507 e. The quantitative estimate of drug-likeness (QED) is 0.340. The molecule has 0 aromatic heterocycles. The highest BCUT2D eigenvalue weighted by Crippen LogP contribution is 2.43. The Bertz CT molecular complexity index is 1190. The number of carbonyl (C=O) groups excluding carboxylic acids is 2. The van der Waals surface area contributed by atoms with Crippen LogP contribution in [0.4, 0.5) is 5.69 Å². The second-order valence-corrected chi connectivity index (χ2v) is 7.82. The van der Waals surface area contributed by atoms with Crippen molar-refractivity contribution in [1.29, 1.82) is 0 Å². The number of ketones is 1. The number of Topliss-reactive ketones (excluding diaryl/α,β-unsaturated/α-hetero) is 1. The monoisotopic (exact) mass is 427 g/mol. The second kappa shape index (κ2) is 8.71. The molecule has 1 unspecified atom stereocenters. The summed E-state index contributed by atoms with van der Waals surface area (Å²) in [4.78, 5) is 27.9. The molecule has 0 aliphatic carbocycles. The van der Waals surface area contributed by atoms with Gasteiger partial charge in [-0.25, -0.2) is 0 Å². The van der Waals surface area contributed by atoms with Gasteiger partial charge in [-0.05, 0) is 68.3 Å². The Hall–Kier alpha value is -3.86. The zero-order valence-corrected chi connectivity index (χ0v) is 18.3. The summed E-state index contributed by atoms with van der Waals surface area (Å²) < 4.78 is 5.47.